The predicted molar refractivity (Wildman–Crippen MR) is 93.3 cm³/mol. The molecule has 1 aliphatic heterocycles. The molecule has 3 rings (SSSR count). The molecular weight excluding hydrogens is 323 g/mol. The van der Waals surface area contributed by atoms with Crippen molar-refractivity contribution in [1.29, 1.82) is 0 Å². The summed E-state index contributed by atoms with van der Waals surface area (Å²) in [5, 5.41) is 12.4. The van der Waals surface area contributed by atoms with Crippen molar-refractivity contribution < 1.29 is 19.0 Å². The molecule has 5 nitrogen and oxygen atoms in total. The van der Waals surface area contributed by atoms with E-state index in [0.717, 1.165) is 6.42 Å². The van der Waals surface area contributed by atoms with Gasteiger partial charge >= 0.3 is 6.03 Å². The highest BCUT2D eigenvalue weighted by Crippen LogP contribution is 2.24. The molecule has 0 spiro atoms. The van der Waals surface area contributed by atoms with E-state index in [0.29, 0.717) is 30.3 Å². The predicted octanol–water partition coefficient (Wildman–Crippen LogP) is 3.85. The molecule has 25 heavy (non-hydrogen) atoms. The number of aliphatic hydroxyl groups is 1. The number of urea groups is 1. The van der Waals surface area contributed by atoms with Crippen LogP contribution in [0.4, 0.5) is 14.9 Å². The first kappa shape index (κ1) is 17.2. The molecule has 0 aliphatic carbocycles. The highest BCUT2D eigenvalue weighted by Gasteiger charge is 2.28. The van der Waals surface area contributed by atoms with Gasteiger partial charge in [-0.3, -0.25) is 0 Å². The van der Waals surface area contributed by atoms with Gasteiger partial charge < -0.3 is 20.1 Å². The lowest BCUT2D eigenvalue weighted by molar-refractivity contribution is 0.130. The van der Waals surface area contributed by atoms with E-state index >= 15 is 0 Å². The fourth-order valence-electron chi connectivity index (χ4n) is 2.84. The monoisotopic (exact) mass is 344 g/mol. The number of carbonyl (C=O) groups is 1. The molecule has 6 heteroatoms. The van der Waals surface area contributed by atoms with Gasteiger partial charge in [0.1, 0.15) is 17.3 Å². The van der Waals surface area contributed by atoms with Gasteiger partial charge in [-0.2, -0.15) is 0 Å². The number of nitrogens with zero attached hydrogens (tertiary/aromatic N) is 1. The molecule has 1 aliphatic rings. The molecule has 0 aromatic heterocycles. The van der Waals surface area contributed by atoms with E-state index < -0.39 is 6.10 Å². The van der Waals surface area contributed by atoms with Crippen LogP contribution in [-0.2, 0) is 0 Å². The van der Waals surface area contributed by atoms with Crippen molar-refractivity contribution in [1.82, 2.24) is 4.90 Å². The Labute approximate surface area is 146 Å². The van der Waals surface area contributed by atoms with Gasteiger partial charge in [-0.1, -0.05) is 6.07 Å². The Bertz CT molecular complexity index is 734. The number of halogens is 1. The Kier molecular flexibility index (Phi) is 5.19. The first-order valence-electron chi connectivity index (χ1n) is 8.29. The summed E-state index contributed by atoms with van der Waals surface area (Å²) in [6.45, 7) is 2.95. The van der Waals surface area contributed by atoms with Gasteiger partial charge in [-0.25, -0.2) is 9.18 Å². The van der Waals surface area contributed by atoms with Gasteiger partial charge in [0, 0.05) is 30.8 Å². The number of benzene rings is 2. The minimum Gasteiger partial charge on any atom is -0.457 e. The molecule has 2 amide bonds. The second kappa shape index (κ2) is 7.53. The average Bonchev–Trinajstić information content (AvgIpc) is 3.07. The third-order valence-electron chi connectivity index (χ3n) is 4.33. The van der Waals surface area contributed by atoms with Crippen molar-refractivity contribution in [3.05, 3.63) is 54.3 Å². The summed E-state index contributed by atoms with van der Waals surface area (Å²) in [4.78, 5) is 14.0. The number of hydrogen-bond acceptors (Lipinski definition) is 3. The number of ether oxygens (including phenoxy) is 1. The largest absolute Gasteiger partial charge is 0.457 e. The fraction of sp³-hybridized carbons (Fsp3) is 0.316. The molecule has 0 saturated carbocycles. The summed E-state index contributed by atoms with van der Waals surface area (Å²) in [7, 11) is 0. The van der Waals surface area contributed by atoms with E-state index in [-0.39, 0.29) is 17.8 Å². The van der Waals surface area contributed by atoms with E-state index in [1.165, 1.54) is 12.1 Å². The van der Waals surface area contributed by atoms with E-state index in [4.69, 9.17) is 4.74 Å². The zero-order valence-electron chi connectivity index (χ0n) is 14.0. The van der Waals surface area contributed by atoms with Gasteiger partial charge in [-0.05, 0) is 49.7 Å². The smallest absolute Gasteiger partial charge is 0.321 e. The summed E-state index contributed by atoms with van der Waals surface area (Å²) in [6.07, 6.45) is 0.406. The van der Waals surface area contributed by atoms with Crippen LogP contribution in [0.3, 0.4) is 0 Å². The minimum absolute atomic E-state index is 0.132. The molecule has 1 saturated heterocycles. The third-order valence-corrected chi connectivity index (χ3v) is 4.33. The Hall–Kier alpha value is -2.60. The zero-order valence-corrected chi connectivity index (χ0v) is 14.0. The molecule has 2 atom stereocenters. The van der Waals surface area contributed by atoms with Crippen LogP contribution in [0.25, 0.3) is 0 Å². The summed E-state index contributed by atoms with van der Waals surface area (Å²) in [6, 6.07) is 12.6. The number of amides is 2. The standard InChI is InChI=1S/C19H21FN2O3/c1-13(23)14-9-10-22(12-14)19(24)21-16-5-7-17(8-6-16)25-18-4-2-3-15(20)11-18/h2-8,11,13-14,23H,9-10,12H2,1H3,(H,21,24)/t13-,14-/m0/s1. The van der Waals surface area contributed by atoms with Crippen LogP contribution in [0.5, 0.6) is 11.5 Å². The SMILES string of the molecule is C[C@H](O)[C@H]1CCN(C(=O)Nc2ccc(Oc3cccc(F)c3)cc2)C1. The lowest BCUT2D eigenvalue weighted by Crippen LogP contribution is -2.34. The number of aliphatic hydroxyl groups excluding tert-OH is 1. The first-order valence-corrected chi connectivity index (χ1v) is 8.29. The Morgan fingerprint density at radius 3 is 2.68 bits per heavy atom. The maximum absolute atomic E-state index is 13.2. The van der Waals surface area contributed by atoms with Crippen LogP contribution in [0.2, 0.25) is 0 Å². The van der Waals surface area contributed by atoms with Crippen molar-refractivity contribution in [3.8, 4) is 11.5 Å². The molecule has 0 unspecified atom stereocenters. The quantitative estimate of drug-likeness (QED) is 0.885. The summed E-state index contributed by atoms with van der Waals surface area (Å²) >= 11 is 0. The number of anilines is 1. The number of carbonyl (C=O) groups excluding carboxylic acids is 1. The second-order valence-electron chi connectivity index (χ2n) is 6.25. The second-order valence-corrected chi connectivity index (χ2v) is 6.25. The van der Waals surface area contributed by atoms with Crippen molar-refractivity contribution in [2.24, 2.45) is 5.92 Å². The molecule has 1 heterocycles. The molecule has 2 N–H and O–H groups in total. The van der Waals surface area contributed by atoms with E-state index in [1.54, 1.807) is 48.2 Å². The highest BCUT2D eigenvalue weighted by molar-refractivity contribution is 5.89. The van der Waals surface area contributed by atoms with Gasteiger partial charge in [0.25, 0.3) is 0 Å². The van der Waals surface area contributed by atoms with Gasteiger partial charge in [0.15, 0.2) is 0 Å². The molecule has 132 valence electrons. The maximum atomic E-state index is 13.2. The molecule has 0 bridgehead atoms. The van der Waals surface area contributed by atoms with Crippen LogP contribution < -0.4 is 10.1 Å². The van der Waals surface area contributed by atoms with Crippen molar-refractivity contribution in [3.63, 3.8) is 0 Å². The molecule has 0 radical (unpaired) electrons. The van der Waals surface area contributed by atoms with Crippen LogP contribution in [0, 0.1) is 11.7 Å². The van der Waals surface area contributed by atoms with Crippen molar-refractivity contribution in [2.75, 3.05) is 18.4 Å². The normalized spacial score (nSPS) is 18.0. The van der Waals surface area contributed by atoms with Gasteiger partial charge in [0.05, 0.1) is 6.10 Å². The van der Waals surface area contributed by atoms with Crippen molar-refractivity contribution >= 4 is 11.7 Å². The van der Waals surface area contributed by atoms with Crippen LogP contribution >= 0.6 is 0 Å². The molecular formula is C19H21FN2O3. The number of rotatable bonds is 4. The zero-order chi connectivity index (χ0) is 17.8. The Morgan fingerprint density at radius 1 is 1.28 bits per heavy atom. The van der Waals surface area contributed by atoms with Gasteiger partial charge in [0.2, 0.25) is 0 Å². The number of hydrogen-bond donors (Lipinski definition) is 2. The lowest BCUT2D eigenvalue weighted by Gasteiger charge is -2.18. The summed E-state index contributed by atoms with van der Waals surface area (Å²) < 4.78 is 18.7. The summed E-state index contributed by atoms with van der Waals surface area (Å²) in [5.41, 5.74) is 0.650. The first-order chi connectivity index (χ1) is 12.0. The molecule has 1 fully saturated rings. The molecule has 2 aromatic rings. The number of likely N-dealkylation sites (tertiary alicyclic amines) is 1. The van der Waals surface area contributed by atoms with Gasteiger partial charge in [-0.15, -0.1) is 0 Å². The van der Waals surface area contributed by atoms with Crippen LogP contribution in [0.15, 0.2) is 48.5 Å². The molecule has 2 aromatic carbocycles. The van der Waals surface area contributed by atoms with E-state index in [1.807, 2.05) is 0 Å². The topological polar surface area (TPSA) is 61.8 Å². The lowest BCUT2D eigenvalue weighted by atomic mass is 10.0. The summed E-state index contributed by atoms with van der Waals surface area (Å²) in [5.74, 6) is 0.743. The maximum Gasteiger partial charge on any atom is 0.321 e. The Balaban J connectivity index is 1.56. The van der Waals surface area contributed by atoms with E-state index in [2.05, 4.69) is 5.32 Å². The van der Waals surface area contributed by atoms with Crippen LogP contribution in [0.1, 0.15) is 13.3 Å². The Morgan fingerprint density at radius 2 is 2.04 bits per heavy atom. The average molecular weight is 344 g/mol. The van der Waals surface area contributed by atoms with Crippen LogP contribution in [-0.4, -0.2) is 35.2 Å². The highest BCUT2D eigenvalue weighted by atomic mass is 19.1. The fourth-order valence-corrected chi connectivity index (χ4v) is 2.84. The number of nitrogens with one attached hydrogen (secondary N) is 1. The van der Waals surface area contributed by atoms with Crippen molar-refractivity contribution in [2.45, 2.75) is 19.4 Å². The third kappa shape index (κ3) is 4.48. The minimum atomic E-state index is -0.406. The van der Waals surface area contributed by atoms with E-state index in [9.17, 15) is 14.3 Å².